The number of nitrogens with zero attached hydrogens (tertiary/aromatic N) is 3. The monoisotopic (exact) mass is 1010 g/mol. The fourth-order valence-electron chi connectivity index (χ4n) is 11.0. The molecule has 3 aromatic rings. The maximum Gasteiger partial charge on any atom is 0.289 e. The lowest BCUT2D eigenvalue weighted by atomic mass is 10.0. The fourth-order valence-corrected chi connectivity index (χ4v) is 23.6. The molecule has 69 heavy (non-hydrogen) atoms. The Morgan fingerprint density at radius 3 is 1.75 bits per heavy atom. The normalized spacial score (nSPS) is 17.5. The van der Waals surface area contributed by atoms with Crippen LogP contribution < -0.4 is 10.1 Å². The van der Waals surface area contributed by atoms with Crippen LogP contribution in [0.3, 0.4) is 0 Å². The van der Waals surface area contributed by atoms with E-state index in [1.165, 1.54) is 28.6 Å². The third kappa shape index (κ3) is 14.7. The van der Waals surface area contributed by atoms with Crippen LogP contribution in [0.2, 0.25) is 33.2 Å². The Morgan fingerprint density at radius 1 is 0.710 bits per heavy atom. The van der Waals surface area contributed by atoms with Crippen LogP contribution in [0.1, 0.15) is 120 Å². The van der Waals surface area contributed by atoms with Crippen molar-refractivity contribution in [2.24, 2.45) is 0 Å². The number of rotatable bonds is 24. The van der Waals surface area contributed by atoms with Crippen molar-refractivity contribution in [1.29, 1.82) is 0 Å². The van der Waals surface area contributed by atoms with Gasteiger partial charge in [-0.3, -0.25) is 19.7 Å². The SMILES string of the molecule is CC(C)[Si](OCCC[C@H]1CN(S(=O)(=O)c2ccccc2[N+](=O)[O-])C/C=C/CN(C(=O)Cc2ccc(OCc3ccccc3)cc2)[C@@H](CCCO[Si](C(C)C)(C(C)C)C(C)C)C(=O)N1)(C(C)C)C(C)C. The summed E-state index contributed by atoms with van der Waals surface area (Å²) in [6.07, 6.45) is 5.13. The van der Waals surface area contributed by atoms with E-state index in [4.69, 9.17) is 13.6 Å². The standard InChI is InChI=1S/C53H82N4O9SSi2/c1-39(2)68(40(3)4,41(5)6)65-34-20-24-47-37-55(67(62,63)51-27-17-16-25-49(51)57(60)61)32-18-19-33-56(50(53(59)54-47)26-21-35-66-69(42(7)8,43(9)10)44(11)12)52(58)36-45-28-30-48(31-29-45)64-38-46-22-14-13-15-23-46/h13-19,22-23,25,27-31,39-44,47,50H,20-21,24,26,32-38H2,1-12H3,(H,54,59)/b19-18+/t47-,50-/m0/s1. The molecule has 1 heterocycles. The van der Waals surface area contributed by atoms with Gasteiger partial charge in [0, 0.05) is 45.0 Å². The smallest absolute Gasteiger partial charge is 0.289 e. The number of nitrogens with one attached hydrogen (secondary N) is 1. The lowest BCUT2D eigenvalue weighted by Gasteiger charge is -2.42. The van der Waals surface area contributed by atoms with E-state index in [-0.39, 0.29) is 32.0 Å². The van der Waals surface area contributed by atoms with Gasteiger partial charge in [0.05, 0.1) is 11.3 Å². The van der Waals surface area contributed by atoms with Gasteiger partial charge in [-0.2, -0.15) is 4.31 Å². The number of amides is 2. The van der Waals surface area contributed by atoms with Crippen LogP contribution in [0.15, 0.2) is 95.9 Å². The van der Waals surface area contributed by atoms with Gasteiger partial charge in [0.15, 0.2) is 21.5 Å². The van der Waals surface area contributed by atoms with Crippen LogP contribution >= 0.6 is 0 Å². The van der Waals surface area contributed by atoms with Gasteiger partial charge in [-0.15, -0.1) is 0 Å². The number of benzene rings is 3. The number of carbonyl (C=O) groups is 2. The molecule has 0 bridgehead atoms. The van der Waals surface area contributed by atoms with Crippen molar-refractivity contribution < 1.29 is 36.5 Å². The van der Waals surface area contributed by atoms with Crippen LogP contribution in [0.25, 0.3) is 0 Å². The maximum atomic E-state index is 15.0. The van der Waals surface area contributed by atoms with E-state index in [0.717, 1.165) is 11.1 Å². The summed E-state index contributed by atoms with van der Waals surface area (Å²) in [6.45, 7) is 27.8. The zero-order chi connectivity index (χ0) is 51.1. The van der Waals surface area contributed by atoms with Gasteiger partial charge in [0.25, 0.3) is 5.69 Å². The van der Waals surface area contributed by atoms with Crippen molar-refractivity contribution >= 4 is 44.2 Å². The van der Waals surface area contributed by atoms with Gasteiger partial charge in [-0.25, -0.2) is 8.42 Å². The van der Waals surface area contributed by atoms with E-state index in [0.29, 0.717) is 84.5 Å². The van der Waals surface area contributed by atoms with Crippen molar-refractivity contribution in [2.75, 3.05) is 32.8 Å². The van der Waals surface area contributed by atoms with E-state index >= 15 is 4.79 Å². The third-order valence-corrected chi connectivity index (χ3v) is 28.3. The molecule has 0 unspecified atom stereocenters. The Kier molecular flexibility index (Phi) is 21.9. The predicted molar refractivity (Wildman–Crippen MR) is 282 cm³/mol. The highest BCUT2D eigenvalue weighted by atomic mass is 32.2. The summed E-state index contributed by atoms with van der Waals surface area (Å²) < 4.78 is 50.1. The Labute approximate surface area is 416 Å². The lowest BCUT2D eigenvalue weighted by Crippen LogP contribution is -2.54. The minimum absolute atomic E-state index is 0.0172. The molecule has 3 aromatic carbocycles. The van der Waals surface area contributed by atoms with Crippen molar-refractivity contribution in [3.63, 3.8) is 0 Å². The van der Waals surface area contributed by atoms with Crippen molar-refractivity contribution in [2.45, 2.75) is 172 Å². The second-order valence-corrected chi connectivity index (χ2v) is 33.3. The van der Waals surface area contributed by atoms with Gasteiger partial charge < -0.3 is 23.8 Å². The number of nitro groups is 1. The summed E-state index contributed by atoms with van der Waals surface area (Å²) in [5.74, 6) is 0.00392. The van der Waals surface area contributed by atoms with Crippen LogP contribution in [0, 0.1) is 10.1 Å². The molecule has 0 radical (unpaired) electrons. The summed E-state index contributed by atoms with van der Waals surface area (Å²) >= 11 is 0. The summed E-state index contributed by atoms with van der Waals surface area (Å²) in [5, 5.41) is 15.4. The van der Waals surface area contributed by atoms with Crippen LogP contribution in [-0.2, 0) is 41.5 Å². The Balaban J connectivity index is 1.72. The molecule has 382 valence electrons. The highest BCUT2D eigenvalue weighted by Crippen LogP contribution is 2.43. The number of hydrogen-bond donors (Lipinski definition) is 1. The molecular weight excluding hydrogens is 925 g/mol. The van der Waals surface area contributed by atoms with E-state index in [1.54, 1.807) is 17.1 Å². The molecule has 0 aromatic heterocycles. The van der Waals surface area contributed by atoms with Crippen molar-refractivity contribution in [1.82, 2.24) is 14.5 Å². The minimum Gasteiger partial charge on any atom is -0.489 e. The number of nitro benzene ring substituents is 1. The summed E-state index contributed by atoms with van der Waals surface area (Å²) in [4.78, 5) is 42.3. The van der Waals surface area contributed by atoms with Crippen LogP contribution in [0.4, 0.5) is 5.69 Å². The number of sulfonamides is 1. The molecule has 2 amide bonds. The highest BCUT2D eigenvalue weighted by molar-refractivity contribution is 7.89. The van der Waals surface area contributed by atoms with Crippen LogP contribution in [-0.4, -0.2) is 95.9 Å². The molecule has 1 aliphatic heterocycles. The van der Waals surface area contributed by atoms with Gasteiger partial charge in [-0.1, -0.05) is 150 Å². The largest absolute Gasteiger partial charge is 0.489 e. The second-order valence-electron chi connectivity index (χ2n) is 20.5. The first kappa shape index (κ1) is 57.4. The van der Waals surface area contributed by atoms with E-state index in [2.05, 4.69) is 88.4 Å². The zero-order valence-corrected chi connectivity index (χ0v) is 46.3. The van der Waals surface area contributed by atoms with Crippen molar-refractivity contribution in [3.8, 4) is 5.75 Å². The van der Waals surface area contributed by atoms with Gasteiger partial charge >= 0.3 is 0 Å². The minimum atomic E-state index is -4.45. The number of ether oxygens (including phenoxy) is 1. The average Bonchev–Trinajstić information content (AvgIpc) is 3.32. The Bertz CT molecular complexity index is 2190. The molecular formula is C53H82N4O9SSi2. The molecule has 0 fully saturated rings. The number of hydrogen-bond acceptors (Lipinski definition) is 9. The lowest BCUT2D eigenvalue weighted by molar-refractivity contribution is -0.387. The fraction of sp³-hybridized carbons (Fsp3) is 0.585. The van der Waals surface area contributed by atoms with Gasteiger partial charge in [0.1, 0.15) is 18.4 Å². The average molecular weight is 1010 g/mol. The molecule has 0 saturated carbocycles. The van der Waals surface area contributed by atoms with E-state index in [1.807, 2.05) is 54.6 Å². The first-order chi connectivity index (χ1) is 32.6. The summed E-state index contributed by atoms with van der Waals surface area (Å²) in [7, 11) is -8.93. The topological polar surface area (TPSA) is 158 Å². The molecule has 1 aliphatic rings. The Morgan fingerprint density at radius 2 is 1.22 bits per heavy atom. The first-order valence-electron chi connectivity index (χ1n) is 25.1. The van der Waals surface area contributed by atoms with E-state index in [9.17, 15) is 23.3 Å². The highest BCUT2D eigenvalue weighted by Gasteiger charge is 2.46. The summed E-state index contributed by atoms with van der Waals surface area (Å²) in [5.41, 5.74) is 3.43. The predicted octanol–water partition coefficient (Wildman–Crippen LogP) is 11.6. The van der Waals surface area contributed by atoms with Gasteiger partial charge in [-0.05, 0) is 88.3 Å². The quantitative estimate of drug-likeness (QED) is 0.0303. The van der Waals surface area contributed by atoms with Crippen molar-refractivity contribution in [3.05, 3.63) is 112 Å². The molecule has 4 rings (SSSR count). The molecule has 1 N–H and O–H groups in total. The molecule has 13 nitrogen and oxygen atoms in total. The first-order valence-corrected chi connectivity index (χ1v) is 30.8. The van der Waals surface area contributed by atoms with E-state index < -0.39 is 60.2 Å². The van der Waals surface area contributed by atoms with Gasteiger partial charge in [0.2, 0.25) is 21.8 Å². The van der Waals surface area contributed by atoms with Crippen LogP contribution in [0.5, 0.6) is 5.75 Å². The summed E-state index contributed by atoms with van der Waals surface area (Å²) in [6, 6.07) is 20.9. The molecule has 0 saturated heterocycles. The second kappa shape index (κ2) is 26.3. The molecule has 0 spiro atoms. The Hall–Kier alpha value is -4.20. The molecule has 16 heteroatoms. The maximum absolute atomic E-state index is 15.0. The molecule has 0 aliphatic carbocycles. The number of para-hydroxylation sites is 1. The zero-order valence-electron chi connectivity index (χ0n) is 43.5. The molecule has 2 atom stereocenters. The number of carbonyl (C=O) groups excluding carboxylic acids is 2. The third-order valence-electron chi connectivity index (χ3n) is 14.2.